The minimum absolute atomic E-state index is 0. The van der Waals surface area contributed by atoms with E-state index >= 15 is 0 Å². The monoisotopic (exact) mass is 357 g/mol. The molecule has 1 heterocycles. The summed E-state index contributed by atoms with van der Waals surface area (Å²) in [7, 11) is 1.49. The van der Waals surface area contributed by atoms with Gasteiger partial charge in [0.05, 0.1) is 26.2 Å². The summed E-state index contributed by atoms with van der Waals surface area (Å²) in [5.74, 6) is -0.212. The van der Waals surface area contributed by atoms with Gasteiger partial charge >= 0.3 is 0 Å². The molecule has 1 fully saturated rings. The Hall–Kier alpha value is -1.67. The van der Waals surface area contributed by atoms with Crippen LogP contribution < -0.4 is 11.1 Å². The van der Waals surface area contributed by atoms with Gasteiger partial charge in [-0.05, 0) is 17.7 Å². The molecule has 2 amide bonds. The molecule has 0 bridgehead atoms. The minimum atomic E-state index is -0.706. The number of benzene rings is 1. The molecule has 134 valence electrons. The Morgan fingerprint density at radius 2 is 1.92 bits per heavy atom. The molecule has 8 heteroatoms. The molecule has 3 N–H and O–H groups in total. The Morgan fingerprint density at radius 1 is 1.29 bits per heavy atom. The molecule has 1 saturated heterocycles. The van der Waals surface area contributed by atoms with E-state index in [4.69, 9.17) is 15.2 Å². The van der Waals surface area contributed by atoms with Crippen LogP contribution in [0.5, 0.6) is 0 Å². The summed E-state index contributed by atoms with van der Waals surface area (Å²) < 4.78 is 10.1. The lowest BCUT2D eigenvalue weighted by atomic mass is 10.1. The van der Waals surface area contributed by atoms with Crippen LogP contribution in [0.2, 0.25) is 0 Å². The Bertz CT molecular complexity index is 533. The first-order valence-corrected chi connectivity index (χ1v) is 7.60. The van der Waals surface area contributed by atoms with Crippen molar-refractivity contribution >= 4 is 29.9 Å². The van der Waals surface area contributed by atoms with Crippen molar-refractivity contribution in [3.63, 3.8) is 0 Å². The SMILES string of the molecule is COCC(N)C(=O)Nc1ccc(CC(=O)N2CCOCC2)cc1.Cl. The molecule has 24 heavy (non-hydrogen) atoms. The molecular formula is C16H24ClN3O4. The Kier molecular flexibility index (Phi) is 8.70. The van der Waals surface area contributed by atoms with E-state index in [2.05, 4.69) is 5.32 Å². The number of carbonyl (C=O) groups is 2. The molecular weight excluding hydrogens is 334 g/mol. The van der Waals surface area contributed by atoms with Crippen LogP contribution in [0.3, 0.4) is 0 Å². The largest absolute Gasteiger partial charge is 0.383 e. The first-order valence-electron chi connectivity index (χ1n) is 7.60. The third-order valence-electron chi connectivity index (χ3n) is 3.62. The molecule has 1 aliphatic heterocycles. The molecule has 0 saturated carbocycles. The van der Waals surface area contributed by atoms with E-state index < -0.39 is 6.04 Å². The molecule has 2 rings (SSSR count). The Labute approximate surface area is 147 Å². The van der Waals surface area contributed by atoms with Crippen molar-refractivity contribution in [2.75, 3.05) is 45.3 Å². The number of nitrogens with two attached hydrogens (primary N) is 1. The van der Waals surface area contributed by atoms with Gasteiger partial charge in [0.25, 0.3) is 0 Å². The number of hydrogen-bond acceptors (Lipinski definition) is 5. The summed E-state index contributed by atoms with van der Waals surface area (Å²) in [6.07, 6.45) is 0.345. The maximum Gasteiger partial charge on any atom is 0.243 e. The third-order valence-corrected chi connectivity index (χ3v) is 3.62. The highest BCUT2D eigenvalue weighted by atomic mass is 35.5. The van der Waals surface area contributed by atoms with E-state index in [-0.39, 0.29) is 30.8 Å². The highest BCUT2D eigenvalue weighted by Gasteiger charge is 2.17. The van der Waals surface area contributed by atoms with Crippen molar-refractivity contribution < 1.29 is 19.1 Å². The first-order chi connectivity index (χ1) is 11.1. The van der Waals surface area contributed by atoms with Crippen LogP contribution in [0.1, 0.15) is 5.56 Å². The second-order valence-electron chi connectivity index (χ2n) is 5.42. The summed E-state index contributed by atoms with van der Waals surface area (Å²) in [5, 5.41) is 2.71. The Balaban J connectivity index is 0.00000288. The van der Waals surface area contributed by atoms with Crippen LogP contribution in [-0.2, 0) is 25.5 Å². The number of anilines is 1. The topological polar surface area (TPSA) is 93.9 Å². The lowest BCUT2D eigenvalue weighted by molar-refractivity contribution is -0.134. The fourth-order valence-corrected chi connectivity index (χ4v) is 2.30. The van der Waals surface area contributed by atoms with E-state index in [0.29, 0.717) is 38.4 Å². The number of amides is 2. The Morgan fingerprint density at radius 3 is 2.50 bits per heavy atom. The molecule has 1 unspecified atom stereocenters. The molecule has 1 aromatic rings. The highest BCUT2D eigenvalue weighted by molar-refractivity contribution is 5.94. The third kappa shape index (κ3) is 6.09. The molecule has 0 radical (unpaired) electrons. The van der Waals surface area contributed by atoms with Crippen molar-refractivity contribution in [1.29, 1.82) is 0 Å². The van der Waals surface area contributed by atoms with E-state index in [1.807, 2.05) is 17.0 Å². The van der Waals surface area contributed by atoms with Gasteiger partial charge in [-0.25, -0.2) is 0 Å². The molecule has 0 aliphatic carbocycles. The van der Waals surface area contributed by atoms with Crippen molar-refractivity contribution in [1.82, 2.24) is 4.90 Å². The van der Waals surface area contributed by atoms with Crippen LogP contribution in [0.4, 0.5) is 5.69 Å². The highest BCUT2D eigenvalue weighted by Crippen LogP contribution is 2.12. The quantitative estimate of drug-likeness (QED) is 0.769. The number of methoxy groups -OCH3 is 1. The number of morpholine rings is 1. The zero-order chi connectivity index (χ0) is 16.7. The normalized spacial score (nSPS) is 15.3. The number of nitrogens with zero attached hydrogens (tertiary/aromatic N) is 1. The van der Waals surface area contributed by atoms with Gasteiger partial charge < -0.3 is 25.4 Å². The number of carbonyl (C=O) groups excluding carboxylic acids is 2. The maximum absolute atomic E-state index is 12.2. The van der Waals surface area contributed by atoms with E-state index in [1.54, 1.807) is 12.1 Å². The van der Waals surface area contributed by atoms with Crippen molar-refractivity contribution in [3.05, 3.63) is 29.8 Å². The summed E-state index contributed by atoms with van der Waals surface area (Å²) in [6, 6.07) is 6.48. The van der Waals surface area contributed by atoms with Gasteiger partial charge in [-0.3, -0.25) is 9.59 Å². The summed E-state index contributed by atoms with van der Waals surface area (Å²) in [6.45, 7) is 2.64. The fraction of sp³-hybridized carbons (Fsp3) is 0.500. The number of ether oxygens (including phenoxy) is 2. The summed E-state index contributed by atoms with van der Waals surface area (Å²) in [5.41, 5.74) is 7.20. The summed E-state index contributed by atoms with van der Waals surface area (Å²) in [4.78, 5) is 25.8. The van der Waals surface area contributed by atoms with E-state index in [9.17, 15) is 9.59 Å². The second kappa shape index (κ2) is 10.2. The van der Waals surface area contributed by atoms with Crippen LogP contribution in [0, 0.1) is 0 Å². The zero-order valence-corrected chi connectivity index (χ0v) is 14.5. The van der Waals surface area contributed by atoms with Crippen LogP contribution in [0.15, 0.2) is 24.3 Å². The molecule has 0 spiro atoms. The maximum atomic E-state index is 12.2. The second-order valence-corrected chi connectivity index (χ2v) is 5.42. The van der Waals surface area contributed by atoms with Crippen molar-refractivity contribution in [2.45, 2.75) is 12.5 Å². The number of hydrogen-bond donors (Lipinski definition) is 2. The van der Waals surface area contributed by atoms with Crippen LogP contribution in [0.25, 0.3) is 0 Å². The van der Waals surface area contributed by atoms with Crippen molar-refractivity contribution in [2.24, 2.45) is 5.73 Å². The number of halogens is 1. The molecule has 1 atom stereocenters. The minimum Gasteiger partial charge on any atom is -0.383 e. The fourth-order valence-electron chi connectivity index (χ4n) is 2.30. The van der Waals surface area contributed by atoms with Crippen molar-refractivity contribution in [3.8, 4) is 0 Å². The number of nitrogens with one attached hydrogen (secondary N) is 1. The van der Waals surface area contributed by atoms with E-state index in [0.717, 1.165) is 5.56 Å². The number of rotatable bonds is 6. The van der Waals surface area contributed by atoms with Crippen LogP contribution >= 0.6 is 12.4 Å². The van der Waals surface area contributed by atoms with Gasteiger partial charge in [-0.2, -0.15) is 0 Å². The van der Waals surface area contributed by atoms with Gasteiger partial charge in [0.15, 0.2) is 0 Å². The standard InChI is InChI=1S/C16H23N3O4.ClH/c1-22-11-14(17)16(21)18-13-4-2-12(3-5-13)10-15(20)19-6-8-23-9-7-19;/h2-5,14H,6-11,17H2,1H3,(H,18,21);1H. The average Bonchev–Trinajstić information content (AvgIpc) is 2.57. The smallest absolute Gasteiger partial charge is 0.243 e. The van der Waals surface area contributed by atoms with Crippen LogP contribution in [-0.4, -0.2) is 62.8 Å². The first kappa shape index (κ1) is 20.4. The molecule has 0 aromatic heterocycles. The van der Waals surface area contributed by atoms with E-state index in [1.165, 1.54) is 7.11 Å². The lowest BCUT2D eigenvalue weighted by Crippen LogP contribution is -2.41. The van der Waals surface area contributed by atoms with Gasteiger partial charge in [-0.15, -0.1) is 12.4 Å². The molecule has 7 nitrogen and oxygen atoms in total. The average molecular weight is 358 g/mol. The zero-order valence-electron chi connectivity index (χ0n) is 13.7. The predicted molar refractivity (Wildman–Crippen MR) is 93.3 cm³/mol. The van der Waals surface area contributed by atoms with Gasteiger partial charge in [0, 0.05) is 25.9 Å². The molecule has 1 aliphatic rings. The van der Waals surface area contributed by atoms with Gasteiger partial charge in [-0.1, -0.05) is 12.1 Å². The molecule has 1 aromatic carbocycles. The lowest BCUT2D eigenvalue weighted by Gasteiger charge is -2.26. The van der Waals surface area contributed by atoms with Gasteiger partial charge in [0.2, 0.25) is 11.8 Å². The predicted octanol–water partition coefficient (Wildman–Crippen LogP) is 0.422. The summed E-state index contributed by atoms with van der Waals surface area (Å²) >= 11 is 0. The van der Waals surface area contributed by atoms with Gasteiger partial charge in [0.1, 0.15) is 6.04 Å².